The van der Waals surface area contributed by atoms with Crippen molar-refractivity contribution in [1.82, 2.24) is 5.23 Å². The quantitative estimate of drug-likeness (QED) is 0.419. The summed E-state index contributed by atoms with van der Waals surface area (Å²) in [5.41, 5.74) is -0.643. The van der Waals surface area contributed by atoms with Gasteiger partial charge in [-0.25, -0.2) is 0 Å². The number of rotatable bonds is 4. The van der Waals surface area contributed by atoms with Gasteiger partial charge in [-0.2, -0.15) is 0 Å². The minimum Gasteiger partial charge on any atom is -0.447 e. The van der Waals surface area contributed by atoms with E-state index >= 15 is 0 Å². The maximum atomic E-state index is 10.5. The molecule has 0 saturated heterocycles. The zero-order chi connectivity index (χ0) is 11.1. The third-order valence-electron chi connectivity index (χ3n) is 2.91. The molecule has 0 radical (unpaired) electrons. The second-order valence-electron chi connectivity index (χ2n) is 4.30. The molecule has 1 fully saturated rings. The van der Waals surface area contributed by atoms with Gasteiger partial charge in [0, 0.05) is 12.8 Å². The first-order chi connectivity index (χ1) is 7.18. The average Bonchev–Trinajstić information content (AvgIpc) is 2.11. The first-order valence-electron chi connectivity index (χ1n) is 5.76. The highest BCUT2D eigenvalue weighted by Gasteiger charge is 2.33. The first-order valence-corrected chi connectivity index (χ1v) is 5.76. The van der Waals surface area contributed by atoms with Crippen molar-refractivity contribution in [3.63, 3.8) is 0 Å². The Balaban J connectivity index is 2.61. The predicted molar refractivity (Wildman–Crippen MR) is 59.2 cm³/mol. The zero-order valence-electron chi connectivity index (χ0n) is 9.37. The maximum Gasteiger partial charge on any atom is 0.376 e. The molecule has 15 heavy (non-hydrogen) atoms. The number of nitrogens with one attached hydrogen (secondary N) is 1. The van der Waals surface area contributed by atoms with Gasteiger partial charge in [0.25, 0.3) is 6.47 Å². The van der Waals surface area contributed by atoms with E-state index in [9.17, 15) is 9.82 Å². The van der Waals surface area contributed by atoms with Crippen molar-refractivity contribution in [2.75, 3.05) is 0 Å². The van der Waals surface area contributed by atoms with Crippen LogP contribution in [-0.2, 0) is 9.53 Å². The van der Waals surface area contributed by atoms with Gasteiger partial charge in [-0.05, 0) is 19.7 Å². The van der Waals surface area contributed by atoms with Crippen LogP contribution in [0.25, 0.3) is 0 Å². The summed E-state index contributed by atoms with van der Waals surface area (Å²) < 4.78 is 5.17. The Hall–Kier alpha value is -0.545. The Labute approximate surface area is 91.5 Å². The maximum absolute atomic E-state index is 10.5. The number of ether oxygens (including phenoxy) is 1. The molecule has 1 aliphatic carbocycles. The van der Waals surface area contributed by atoms with Crippen molar-refractivity contribution in [3.8, 4) is 0 Å². The zero-order valence-corrected chi connectivity index (χ0v) is 9.37. The molecular weight excluding hydrogens is 193 g/mol. The smallest absolute Gasteiger partial charge is 0.376 e. The second kappa shape index (κ2) is 6.13. The normalized spacial score (nSPS) is 21.2. The van der Waals surface area contributed by atoms with Gasteiger partial charge in [-0.1, -0.05) is 19.3 Å². The number of hydrogen-bond acceptors (Lipinski definition) is 4. The monoisotopic (exact) mass is 213 g/mol. The third-order valence-corrected chi connectivity index (χ3v) is 2.91. The molecule has 2 N–H and O–H groups in total. The molecule has 5 heteroatoms. The summed E-state index contributed by atoms with van der Waals surface area (Å²) in [6, 6.07) is 0. The third kappa shape index (κ3) is 4.22. The van der Waals surface area contributed by atoms with Gasteiger partial charge in [-0.15, -0.1) is 0 Å². The van der Waals surface area contributed by atoms with Gasteiger partial charge < -0.3 is 9.76 Å². The van der Waals surface area contributed by atoms with Crippen LogP contribution in [0.1, 0.15) is 44.9 Å². The van der Waals surface area contributed by atoms with Crippen LogP contribution in [0.2, 0.25) is 6.82 Å². The van der Waals surface area contributed by atoms with E-state index in [4.69, 9.17) is 4.74 Å². The van der Waals surface area contributed by atoms with Crippen molar-refractivity contribution < 1.29 is 14.6 Å². The summed E-state index contributed by atoms with van der Waals surface area (Å²) in [6.45, 7) is 2.13. The predicted octanol–water partition coefficient (Wildman–Crippen LogP) is 1.30. The van der Waals surface area contributed by atoms with Crippen LogP contribution in [0.15, 0.2) is 0 Å². The highest BCUT2D eigenvalue weighted by molar-refractivity contribution is 6.45. The van der Waals surface area contributed by atoms with Crippen LogP contribution in [0.4, 0.5) is 0 Å². The molecular formula is C10H20BNO3. The number of carbonyl (C=O) groups is 1. The van der Waals surface area contributed by atoms with Crippen LogP contribution in [0, 0.1) is 0 Å². The lowest BCUT2D eigenvalue weighted by atomic mass is 9.82. The molecule has 0 bridgehead atoms. The van der Waals surface area contributed by atoms with E-state index in [2.05, 4.69) is 5.23 Å². The Morgan fingerprint density at radius 3 is 2.27 bits per heavy atom. The fourth-order valence-electron chi connectivity index (χ4n) is 2.25. The largest absolute Gasteiger partial charge is 0.447 e. The SMILES string of the molecule is CB(O)NC1(OC=O)CCCCCCC1. The topological polar surface area (TPSA) is 58.6 Å². The molecule has 0 amide bonds. The fraction of sp³-hybridized carbons (Fsp3) is 0.900. The number of hydrogen-bond donors (Lipinski definition) is 2. The Morgan fingerprint density at radius 1 is 1.27 bits per heavy atom. The van der Waals surface area contributed by atoms with Crippen molar-refractivity contribution in [3.05, 3.63) is 0 Å². The van der Waals surface area contributed by atoms with Gasteiger partial charge in [0.2, 0.25) is 0 Å². The minimum atomic E-state index is -0.649. The lowest BCUT2D eigenvalue weighted by molar-refractivity contribution is -0.147. The van der Waals surface area contributed by atoms with Gasteiger partial charge in [-0.3, -0.25) is 10.0 Å². The number of carbonyl (C=O) groups excluding carboxylic acids is 1. The van der Waals surface area contributed by atoms with E-state index in [1.54, 1.807) is 6.82 Å². The van der Waals surface area contributed by atoms with Crippen molar-refractivity contribution in [2.24, 2.45) is 0 Å². The van der Waals surface area contributed by atoms with Crippen LogP contribution in [-0.4, -0.2) is 24.3 Å². The Morgan fingerprint density at radius 2 is 1.80 bits per heavy atom. The van der Waals surface area contributed by atoms with Crippen molar-refractivity contribution in [2.45, 2.75) is 57.5 Å². The highest BCUT2D eigenvalue weighted by atomic mass is 16.6. The molecule has 0 aromatic carbocycles. The van der Waals surface area contributed by atoms with Crippen LogP contribution in [0.5, 0.6) is 0 Å². The van der Waals surface area contributed by atoms with E-state index in [-0.39, 0.29) is 0 Å². The molecule has 0 aromatic heterocycles. The van der Waals surface area contributed by atoms with Crippen LogP contribution < -0.4 is 5.23 Å². The van der Waals surface area contributed by atoms with E-state index in [1.165, 1.54) is 19.3 Å². The van der Waals surface area contributed by atoms with Gasteiger partial charge in [0.1, 0.15) is 0 Å². The fourth-order valence-corrected chi connectivity index (χ4v) is 2.25. The molecule has 0 aliphatic heterocycles. The van der Waals surface area contributed by atoms with Crippen molar-refractivity contribution >= 4 is 13.5 Å². The standard InChI is InChI=1S/C10H20BNO3/c1-11(14)12-10(15-9-13)7-5-3-2-4-6-8-10/h9,12,14H,2-8H2,1H3. The summed E-state index contributed by atoms with van der Waals surface area (Å²) in [7, 11) is -0.649. The highest BCUT2D eigenvalue weighted by Crippen LogP contribution is 2.27. The van der Waals surface area contributed by atoms with Crippen molar-refractivity contribution in [1.29, 1.82) is 0 Å². The van der Waals surface area contributed by atoms with Gasteiger partial charge in [0.15, 0.2) is 5.72 Å². The molecule has 0 aromatic rings. The molecule has 1 saturated carbocycles. The Kier molecular flexibility index (Phi) is 5.12. The average molecular weight is 213 g/mol. The summed E-state index contributed by atoms with van der Waals surface area (Å²) in [4.78, 5) is 10.5. The van der Waals surface area contributed by atoms with Crippen LogP contribution >= 0.6 is 0 Å². The minimum absolute atomic E-state index is 0.483. The summed E-state index contributed by atoms with van der Waals surface area (Å²) in [5, 5.41) is 12.3. The lowest BCUT2D eigenvalue weighted by Gasteiger charge is -2.35. The molecule has 1 rings (SSSR count). The second-order valence-corrected chi connectivity index (χ2v) is 4.30. The van der Waals surface area contributed by atoms with Gasteiger partial charge >= 0.3 is 7.05 Å². The molecule has 1 aliphatic rings. The van der Waals surface area contributed by atoms with E-state index in [0.717, 1.165) is 25.7 Å². The molecule has 0 heterocycles. The molecule has 0 unspecified atom stereocenters. The van der Waals surface area contributed by atoms with Crippen LogP contribution in [0.3, 0.4) is 0 Å². The summed E-state index contributed by atoms with van der Waals surface area (Å²) >= 11 is 0. The summed E-state index contributed by atoms with van der Waals surface area (Å²) in [6.07, 6.45) is 7.25. The van der Waals surface area contributed by atoms with Gasteiger partial charge in [0.05, 0.1) is 0 Å². The molecule has 0 atom stereocenters. The van der Waals surface area contributed by atoms with E-state index in [0.29, 0.717) is 6.47 Å². The molecule has 4 nitrogen and oxygen atoms in total. The van der Waals surface area contributed by atoms with E-state index in [1.807, 2.05) is 0 Å². The Bertz CT molecular complexity index is 191. The molecule has 86 valence electrons. The van der Waals surface area contributed by atoms with E-state index < -0.39 is 12.8 Å². The first kappa shape index (κ1) is 12.5. The lowest BCUT2D eigenvalue weighted by Crippen LogP contribution is -2.53. The summed E-state index contributed by atoms with van der Waals surface area (Å²) in [5.74, 6) is 0. The molecule has 0 spiro atoms.